The molecule has 20 heavy (non-hydrogen) atoms. The number of piperazine rings is 1. The molecule has 2 amide bonds. The topological polar surface area (TPSA) is 49.4 Å². The second-order valence-electron chi connectivity index (χ2n) is 4.55. The van der Waals surface area contributed by atoms with Crippen LogP contribution in [0.2, 0.25) is 15.1 Å². The van der Waals surface area contributed by atoms with Crippen molar-refractivity contribution in [3.05, 3.63) is 27.2 Å². The molecule has 1 fully saturated rings. The third kappa shape index (κ3) is 3.03. The average molecular weight is 336 g/mol. The zero-order chi connectivity index (χ0) is 14.9. The summed E-state index contributed by atoms with van der Waals surface area (Å²) in [7, 11) is 0. The predicted octanol–water partition coefficient (Wildman–Crippen LogP) is 3.28. The quantitative estimate of drug-likeness (QED) is 0.862. The number of carbonyl (C=O) groups is 2. The van der Waals surface area contributed by atoms with Gasteiger partial charge < -0.3 is 5.32 Å². The molecule has 0 radical (unpaired) electrons. The Morgan fingerprint density at radius 3 is 2.50 bits per heavy atom. The van der Waals surface area contributed by atoms with Gasteiger partial charge in [-0.2, -0.15) is 0 Å². The first-order valence-electron chi connectivity index (χ1n) is 6.19. The lowest BCUT2D eigenvalue weighted by molar-refractivity contribution is -0.131. The summed E-state index contributed by atoms with van der Waals surface area (Å²) in [5.41, 5.74) is 0.405. The minimum atomic E-state index is -0.522. The summed E-state index contributed by atoms with van der Waals surface area (Å²) < 4.78 is 0. The van der Waals surface area contributed by atoms with Crippen LogP contribution < -0.4 is 10.2 Å². The second kappa shape index (κ2) is 6.20. The van der Waals surface area contributed by atoms with Crippen LogP contribution in [0.4, 0.5) is 5.69 Å². The van der Waals surface area contributed by atoms with Gasteiger partial charge in [0.05, 0.1) is 20.8 Å². The van der Waals surface area contributed by atoms with Crippen molar-refractivity contribution < 1.29 is 9.59 Å². The summed E-state index contributed by atoms with van der Waals surface area (Å²) in [5.74, 6) is -0.406. The monoisotopic (exact) mass is 334 g/mol. The molecule has 2 rings (SSSR count). The lowest BCUT2D eigenvalue weighted by atomic mass is 10.1. The van der Waals surface area contributed by atoms with E-state index in [4.69, 9.17) is 34.8 Å². The van der Waals surface area contributed by atoms with Crippen molar-refractivity contribution in [3.8, 4) is 0 Å². The molecule has 1 N–H and O–H groups in total. The van der Waals surface area contributed by atoms with Gasteiger partial charge in [0.2, 0.25) is 11.8 Å². The molecule has 1 aliphatic rings. The number of hydrogen-bond donors (Lipinski definition) is 1. The molecule has 0 aliphatic carbocycles. The highest BCUT2D eigenvalue weighted by atomic mass is 35.5. The van der Waals surface area contributed by atoms with E-state index in [2.05, 4.69) is 5.32 Å². The second-order valence-corrected chi connectivity index (χ2v) is 5.77. The van der Waals surface area contributed by atoms with E-state index < -0.39 is 6.04 Å². The Morgan fingerprint density at radius 2 is 1.85 bits per heavy atom. The smallest absolute Gasteiger partial charge is 0.250 e. The van der Waals surface area contributed by atoms with Crippen LogP contribution in [0.5, 0.6) is 0 Å². The minimum Gasteiger partial charge on any atom is -0.343 e. The molecule has 1 saturated heterocycles. The molecule has 108 valence electrons. The number of benzene rings is 1. The van der Waals surface area contributed by atoms with Crippen molar-refractivity contribution in [2.75, 3.05) is 11.4 Å². The first-order valence-corrected chi connectivity index (χ1v) is 7.32. The van der Waals surface area contributed by atoms with Crippen molar-refractivity contribution in [2.45, 2.75) is 25.8 Å². The van der Waals surface area contributed by atoms with Crippen LogP contribution in [0.1, 0.15) is 19.8 Å². The van der Waals surface area contributed by atoms with Crippen molar-refractivity contribution >= 4 is 52.3 Å². The third-order valence-electron chi connectivity index (χ3n) is 3.06. The highest BCUT2D eigenvalue weighted by molar-refractivity contribution is 6.44. The zero-order valence-electron chi connectivity index (χ0n) is 10.8. The molecule has 1 unspecified atom stereocenters. The number of nitrogens with one attached hydrogen (secondary N) is 1. The molecule has 7 heteroatoms. The fourth-order valence-electron chi connectivity index (χ4n) is 2.12. The van der Waals surface area contributed by atoms with E-state index >= 15 is 0 Å². The molecule has 1 aliphatic heterocycles. The SMILES string of the molecule is CCCC1NC(=O)CN(c2cc(Cl)c(Cl)cc2Cl)C1=O. The lowest BCUT2D eigenvalue weighted by Crippen LogP contribution is -2.58. The Kier molecular flexibility index (Phi) is 4.78. The van der Waals surface area contributed by atoms with Crippen LogP contribution in [-0.2, 0) is 9.59 Å². The van der Waals surface area contributed by atoms with Gasteiger partial charge in [-0.3, -0.25) is 14.5 Å². The largest absolute Gasteiger partial charge is 0.343 e. The van der Waals surface area contributed by atoms with E-state index in [1.54, 1.807) is 0 Å². The molecule has 0 aromatic heterocycles. The van der Waals surface area contributed by atoms with Gasteiger partial charge in [0.15, 0.2) is 0 Å². The van der Waals surface area contributed by atoms with Crippen molar-refractivity contribution in [2.24, 2.45) is 0 Å². The van der Waals surface area contributed by atoms with Crippen molar-refractivity contribution in [1.82, 2.24) is 5.32 Å². The van der Waals surface area contributed by atoms with Gasteiger partial charge in [-0.1, -0.05) is 48.1 Å². The molecular weight excluding hydrogens is 323 g/mol. The molecule has 1 heterocycles. The predicted molar refractivity (Wildman–Crippen MR) is 80.7 cm³/mol. The zero-order valence-corrected chi connectivity index (χ0v) is 13.0. The Balaban J connectivity index is 2.37. The Bertz CT molecular complexity index is 563. The summed E-state index contributed by atoms with van der Waals surface area (Å²) in [6.45, 7) is 1.88. The summed E-state index contributed by atoms with van der Waals surface area (Å²) >= 11 is 17.9. The summed E-state index contributed by atoms with van der Waals surface area (Å²) in [5, 5.41) is 3.56. The fraction of sp³-hybridized carbons (Fsp3) is 0.385. The van der Waals surface area contributed by atoms with E-state index in [0.29, 0.717) is 17.1 Å². The van der Waals surface area contributed by atoms with Crippen LogP contribution in [0.15, 0.2) is 12.1 Å². The molecule has 0 bridgehead atoms. The number of nitrogens with zero attached hydrogens (tertiary/aromatic N) is 1. The molecule has 1 atom stereocenters. The normalized spacial score (nSPS) is 19.2. The van der Waals surface area contributed by atoms with E-state index in [1.807, 2.05) is 6.92 Å². The van der Waals surface area contributed by atoms with E-state index in [9.17, 15) is 9.59 Å². The highest BCUT2D eigenvalue weighted by Crippen LogP contribution is 2.35. The number of amides is 2. The van der Waals surface area contributed by atoms with Gasteiger partial charge in [0.1, 0.15) is 12.6 Å². The molecule has 0 saturated carbocycles. The molecule has 4 nitrogen and oxygen atoms in total. The summed E-state index contributed by atoms with van der Waals surface area (Å²) in [6.07, 6.45) is 1.37. The number of carbonyl (C=O) groups excluding carboxylic acids is 2. The highest BCUT2D eigenvalue weighted by Gasteiger charge is 2.34. The maximum Gasteiger partial charge on any atom is 0.250 e. The van der Waals surface area contributed by atoms with Gasteiger partial charge >= 0.3 is 0 Å². The van der Waals surface area contributed by atoms with Crippen LogP contribution >= 0.6 is 34.8 Å². The van der Waals surface area contributed by atoms with Gasteiger partial charge in [-0.15, -0.1) is 0 Å². The number of halogens is 3. The van der Waals surface area contributed by atoms with Crippen LogP contribution in [0.25, 0.3) is 0 Å². The molecule has 1 aromatic rings. The first-order chi connectivity index (χ1) is 9.43. The summed E-state index contributed by atoms with van der Waals surface area (Å²) in [6, 6.07) is 2.45. The Hall–Kier alpha value is -0.970. The van der Waals surface area contributed by atoms with Crippen molar-refractivity contribution in [3.63, 3.8) is 0 Å². The van der Waals surface area contributed by atoms with Gasteiger partial charge in [-0.25, -0.2) is 0 Å². The molecule has 0 spiro atoms. The summed E-state index contributed by atoms with van der Waals surface area (Å²) in [4.78, 5) is 25.5. The number of anilines is 1. The van der Waals surface area contributed by atoms with Crippen LogP contribution in [0, 0.1) is 0 Å². The van der Waals surface area contributed by atoms with E-state index in [0.717, 1.165) is 6.42 Å². The van der Waals surface area contributed by atoms with Gasteiger partial charge in [-0.05, 0) is 18.6 Å². The van der Waals surface area contributed by atoms with Crippen LogP contribution in [0.3, 0.4) is 0 Å². The average Bonchev–Trinajstić information content (AvgIpc) is 2.38. The maximum atomic E-state index is 12.4. The van der Waals surface area contributed by atoms with Gasteiger partial charge in [0.25, 0.3) is 0 Å². The molecular formula is C13H13Cl3N2O2. The van der Waals surface area contributed by atoms with Gasteiger partial charge in [0, 0.05) is 0 Å². The fourth-order valence-corrected chi connectivity index (χ4v) is 2.76. The minimum absolute atomic E-state index is 0.0727. The maximum absolute atomic E-state index is 12.4. The molecule has 1 aromatic carbocycles. The third-order valence-corrected chi connectivity index (χ3v) is 4.08. The van der Waals surface area contributed by atoms with Crippen molar-refractivity contribution in [1.29, 1.82) is 0 Å². The number of rotatable bonds is 3. The van der Waals surface area contributed by atoms with E-state index in [-0.39, 0.29) is 28.4 Å². The number of hydrogen-bond acceptors (Lipinski definition) is 2. The standard InChI is InChI=1S/C13H13Cl3N2O2/c1-2-3-10-13(20)18(6-12(19)17-10)11-5-8(15)7(14)4-9(11)16/h4-5,10H,2-3,6H2,1H3,(H,17,19). The lowest BCUT2D eigenvalue weighted by Gasteiger charge is -2.33. The Labute approximate surface area is 132 Å². The van der Waals surface area contributed by atoms with Crippen LogP contribution in [-0.4, -0.2) is 24.4 Å². The van der Waals surface area contributed by atoms with E-state index in [1.165, 1.54) is 17.0 Å². The first kappa shape index (κ1) is 15.4. The Morgan fingerprint density at radius 1 is 1.20 bits per heavy atom.